The summed E-state index contributed by atoms with van der Waals surface area (Å²) in [6.07, 6.45) is 3.86. The fourth-order valence-corrected chi connectivity index (χ4v) is 2.80. The maximum absolute atomic E-state index is 4.59. The van der Waals surface area contributed by atoms with Crippen LogP contribution < -0.4 is 5.32 Å². The Kier molecular flexibility index (Phi) is 4.18. The van der Waals surface area contributed by atoms with Crippen LogP contribution in [0.15, 0.2) is 42.7 Å². The average Bonchev–Trinajstić information content (AvgIpc) is 3.01. The summed E-state index contributed by atoms with van der Waals surface area (Å²) in [6, 6.07) is 10.7. The lowest BCUT2D eigenvalue weighted by Crippen LogP contribution is -2.22. The summed E-state index contributed by atoms with van der Waals surface area (Å²) in [5.74, 6) is 0. The highest BCUT2D eigenvalue weighted by atomic mass is 15.1. The van der Waals surface area contributed by atoms with Gasteiger partial charge in [0.25, 0.3) is 0 Å². The third kappa shape index (κ3) is 3.42. The van der Waals surface area contributed by atoms with E-state index in [1.807, 2.05) is 18.5 Å². The summed E-state index contributed by atoms with van der Waals surface area (Å²) in [5, 5.41) is 13.3. The van der Waals surface area contributed by atoms with E-state index in [1.54, 1.807) is 0 Å². The van der Waals surface area contributed by atoms with Gasteiger partial charge in [-0.25, -0.2) is 0 Å². The Hall–Kier alpha value is -2.20. The van der Waals surface area contributed by atoms with Crippen molar-refractivity contribution in [1.29, 1.82) is 0 Å². The highest BCUT2D eigenvalue weighted by Crippen LogP contribution is 2.24. The van der Waals surface area contributed by atoms with Gasteiger partial charge in [-0.3, -0.25) is 10.1 Å². The highest BCUT2D eigenvalue weighted by molar-refractivity contribution is 5.81. The average molecular weight is 308 g/mol. The van der Waals surface area contributed by atoms with E-state index in [0.29, 0.717) is 0 Å². The minimum absolute atomic E-state index is 0.0674. The predicted molar refractivity (Wildman–Crippen MR) is 94.3 cm³/mol. The Balaban J connectivity index is 1.74. The molecule has 0 amide bonds. The summed E-state index contributed by atoms with van der Waals surface area (Å²) in [6.45, 7) is 9.50. The quantitative estimate of drug-likeness (QED) is 0.762. The summed E-state index contributed by atoms with van der Waals surface area (Å²) in [5.41, 5.74) is 3.52. The van der Waals surface area contributed by atoms with Gasteiger partial charge in [-0.05, 0) is 18.4 Å². The zero-order valence-electron chi connectivity index (χ0n) is 14.2. The molecule has 2 heterocycles. The molecular weight excluding hydrogens is 284 g/mol. The van der Waals surface area contributed by atoms with Crippen LogP contribution in [0, 0.1) is 0 Å². The Labute approximate surface area is 137 Å². The van der Waals surface area contributed by atoms with Crippen molar-refractivity contribution in [1.82, 2.24) is 20.5 Å². The Morgan fingerprint density at radius 1 is 1.13 bits per heavy atom. The van der Waals surface area contributed by atoms with Gasteiger partial charge in [0, 0.05) is 40.8 Å². The SMILES string of the molecule is CC(NCc1cn[nH]c1C(C)(C)C)c1cc2ccccc2cn1. The number of nitrogens with one attached hydrogen (secondary N) is 2. The molecule has 0 aliphatic heterocycles. The summed E-state index contributed by atoms with van der Waals surface area (Å²) >= 11 is 0. The lowest BCUT2D eigenvalue weighted by molar-refractivity contribution is 0.531. The van der Waals surface area contributed by atoms with Crippen molar-refractivity contribution in [3.8, 4) is 0 Å². The fourth-order valence-electron chi connectivity index (χ4n) is 2.80. The Bertz CT molecular complexity index is 798. The molecule has 0 aliphatic carbocycles. The van der Waals surface area contributed by atoms with Crippen molar-refractivity contribution in [2.75, 3.05) is 0 Å². The third-order valence-electron chi connectivity index (χ3n) is 4.16. The first-order valence-electron chi connectivity index (χ1n) is 8.06. The highest BCUT2D eigenvalue weighted by Gasteiger charge is 2.20. The summed E-state index contributed by atoms with van der Waals surface area (Å²) in [4.78, 5) is 4.59. The Morgan fingerprint density at radius 3 is 2.61 bits per heavy atom. The van der Waals surface area contributed by atoms with Crippen LogP contribution in [0.1, 0.15) is 50.7 Å². The van der Waals surface area contributed by atoms with Crippen LogP contribution in [-0.4, -0.2) is 15.2 Å². The standard InChI is InChI=1S/C19H24N4/c1-13(17-9-14-7-5-6-8-15(14)10-21-17)20-11-16-12-22-23-18(16)19(2,3)4/h5-10,12-13,20H,11H2,1-4H3,(H,22,23). The smallest absolute Gasteiger partial charge is 0.0576 e. The number of aromatic amines is 1. The minimum atomic E-state index is 0.0674. The number of benzene rings is 1. The van der Waals surface area contributed by atoms with E-state index >= 15 is 0 Å². The minimum Gasteiger partial charge on any atom is -0.305 e. The molecule has 23 heavy (non-hydrogen) atoms. The molecule has 0 spiro atoms. The van der Waals surface area contributed by atoms with Crippen LogP contribution >= 0.6 is 0 Å². The molecule has 3 rings (SSSR count). The van der Waals surface area contributed by atoms with Crippen LogP contribution in [-0.2, 0) is 12.0 Å². The number of H-pyrrole nitrogens is 1. The largest absolute Gasteiger partial charge is 0.305 e. The van der Waals surface area contributed by atoms with E-state index in [9.17, 15) is 0 Å². The van der Waals surface area contributed by atoms with E-state index in [0.717, 1.165) is 12.2 Å². The molecule has 2 aromatic heterocycles. The van der Waals surface area contributed by atoms with E-state index in [4.69, 9.17) is 0 Å². The molecule has 2 N–H and O–H groups in total. The lowest BCUT2D eigenvalue weighted by atomic mass is 9.89. The van der Waals surface area contributed by atoms with Crippen LogP contribution in [0.5, 0.6) is 0 Å². The molecule has 0 saturated heterocycles. The van der Waals surface area contributed by atoms with Gasteiger partial charge in [0.2, 0.25) is 0 Å². The van der Waals surface area contributed by atoms with Crippen LogP contribution in [0.3, 0.4) is 0 Å². The molecule has 3 aromatic rings. The molecule has 0 fully saturated rings. The number of pyridine rings is 1. The monoisotopic (exact) mass is 308 g/mol. The molecule has 1 atom stereocenters. The number of nitrogens with zero attached hydrogens (tertiary/aromatic N) is 2. The molecule has 4 nitrogen and oxygen atoms in total. The van der Waals surface area contributed by atoms with Crippen molar-refractivity contribution in [2.24, 2.45) is 0 Å². The van der Waals surface area contributed by atoms with E-state index in [-0.39, 0.29) is 11.5 Å². The van der Waals surface area contributed by atoms with Crippen LogP contribution in [0.2, 0.25) is 0 Å². The molecule has 1 aromatic carbocycles. The second kappa shape index (κ2) is 6.13. The van der Waals surface area contributed by atoms with Crippen LogP contribution in [0.4, 0.5) is 0 Å². The summed E-state index contributed by atoms with van der Waals surface area (Å²) in [7, 11) is 0. The van der Waals surface area contributed by atoms with Crippen LogP contribution in [0.25, 0.3) is 10.8 Å². The van der Waals surface area contributed by atoms with E-state index in [2.05, 4.69) is 72.5 Å². The molecular formula is C19H24N4. The van der Waals surface area contributed by atoms with Gasteiger partial charge in [0.1, 0.15) is 0 Å². The Morgan fingerprint density at radius 2 is 1.87 bits per heavy atom. The van der Waals surface area contributed by atoms with Crippen molar-refractivity contribution < 1.29 is 0 Å². The van der Waals surface area contributed by atoms with Crippen molar-refractivity contribution >= 4 is 10.8 Å². The van der Waals surface area contributed by atoms with Gasteiger partial charge < -0.3 is 5.32 Å². The second-order valence-corrected chi connectivity index (χ2v) is 7.08. The number of rotatable bonds is 4. The molecule has 0 saturated carbocycles. The zero-order chi connectivity index (χ0) is 16.4. The molecule has 0 bridgehead atoms. The topological polar surface area (TPSA) is 53.6 Å². The third-order valence-corrected chi connectivity index (χ3v) is 4.16. The lowest BCUT2D eigenvalue weighted by Gasteiger charge is -2.20. The number of hydrogen-bond donors (Lipinski definition) is 2. The summed E-state index contributed by atoms with van der Waals surface area (Å²) < 4.78 is 0. The molecule has 1 unspecified atom stereocenters. The predicted octanol–water partition coefficient (Wildman–Crippen LogP) is 4.11. The molecule has 120 valence electrons. The van der Waals surface area contributed by atoms with Gasteiger partial charge >= 0.3 is 0 Å². The molecule has 0 radical (unpaired) electrons. The number of fused-ring (bicyclic) bond motifs is 1. The maximum atomic E-state index is 4.59. The van der Waals surface area contributed by atoms with Gasteiger partial charge in [-0.1, -0.05) is 45.0 Å². The first-order valence-corrected chi connectivity index (χ1v) is 8.06. The number of aromatic nitrogens is 3. The zero-order valence-corrected chi connectivity index (χ0v) is 14.2. The number of hydrogen-bond acceptors (Lipinski definition) is 3. The van der Waals surface area contributed by atoms with Crippen molar-refractivity contribution in [2.45, 2.75) is 45.7 Å². The first kappa shape index (κ1) is 15.7. The first-order chi connectivity index (χ1) is 10.9. The van der Waals surface area contributed by atoms with Gasteiger partial charge in [-0.2, -0.15) is 5.10 Å². The maximum Gasteiger partial charge on any atom is 0.0576 e. The molecule has 4 heteroatoms. The van der Waals surface area contributed by atoms with E-state index in [1.165, 1.54) is 22.0 Å². The van der Waals surface area contributed by atoms with E-state index < -0.39 is 0 Å². The van der Waals surface area contributed by atoms with Gasteiger partial charge in [0.05, 0.1) is 11.9 Å². The normalized spacial score (nSPS) is 13.4. The molecule has 0 aliphatic rings. The van der Waals surface area contributed by atoms with Gasteiger partial charge in [-0.15, -0.1) is 0 Å². The van der Waals surface area contributed by atoms with Crippen molar-refractivity contribution in [3.05, 3.63) is 59.7 Å². The second-order valence-electron chi connectivity index (χ2n) is 7.08. The van der Waals surface area contributed by atoms with Gasteiger partial charge in [0.15, 0.2) is 0 Å². The van der Waals surface area contributed by atoms with Crippen molar-refractivity contribution in [3.63, 3.8) is 0 Å². The fraction of sp³-hybridized carbons (Fsp3) is 0.368.